The largest absolute Gasteiger partial charge is 0.491 e. The molecule has 1 aromatic carbocycles. The number of nitrogens with one attached hydrogen (secondary N) is 1. The van der Waals surface area contributed by atoms with Crippen molar-refractivity contribution < 1.29 is 23.7 Å². The highest BCUT2D eigenvalue weighted by atomic mass is 19.1. The second-order valence-electron chi connectivity index (χ2n) is 6.31. The number of ether oxygens (including phenoxy) is 3. The van der Waals surface area contributed by atoms with Crippen molar-refractivity contribution in [3.05, 3.63) is 60.2 Å². The minimum Gasteiger partial charge on any atom is -0.491 e. The van der Waals surface area contributed by atoms with Crippen LogP contribution in [-0.2, 0) is 9.47 Å². The molecule has 6 nitrogen and oxygen atoms in total. The first-order valence-corrected chi connectivity index (χ1v) is 8.61. The number of benzene rings is 1. The molecule has 0 bridgehead atoms. The average Bonchev–Trinajstić information content (AvgIpc) is 3.25. The molecule has 0 aliphatic carbocycles. The Balaban J connectivity index is 1.29. The highest BCUT2D eigenvalue weighted by Crippen LogP contribution is 2.30. The average molecular weight is 360 g/mol. The second-order valence-corrected chi connectivity index (χ2v) is 6.31. The second kappa shape index (κ2) is 7.49. The fourth-order valence-corrected chi connectivity index (χ4v) is 3.12. The molecule has 4 rings (SSSR count). The van der Waals surface area contributed by atoms with Gasteiger partial charge in [-0.05, 0) is 42.0 Å². The molecule has 0 aromatic heterocycles. The van der Waals surface area contributed by atoms with Crippen molar-refractivity contribution in [2.24, 2.45) is 0 Å². The third kappa shape index (κ3) is 3.60. The smallest absolute Gasteiger partial charge is 0.139 e. The molecule has 3 aliphatic heterocycles. The molecule has 0 radical (unpaired) electrons. The minimum absolute atomic E-state index is 0.0486. The summed E-state index contributed by atoms with van der Waals surface area (Å²) in [4.78, 5) is 1.86. The SMILES string of the molecule is OC1COCC1OCCOc1ccc(C2=CNC3C=CC(F)=CN23)cc1. The predicted octanol–water partition coefficient (Wildman–Crippen LogP) is 1.75. The molecule has 1 fully saturated rings. The van der Waals surface area contributed by atoms with E-state index in [9.17, 15) is 9.50 Å². The lowest BCUT2D eigenvalue weighted by Crippen LogP contribution is -2.32. The van der Waals surface area contributed by atoms with E-state index in [0.29, 0.717) is 26.4 Å². The summed E-state index contributed by atoms with van der Waals surface area (Å²) < 4.78 is 29.8. The molecule has 3 atom stereocenters. The molecule has 7 heteroatoms. The zero-order valence-corrected chi connectivity index (χ0v) is 14.2. The van der Waals surface area contributed by atoms with E-state index in [-0.39, 0.29) is 18.1 Å². The number of hydrogen-bond acceptors (Lipinski definition) is 6. The van der Waals surface area contributed by atoms with Crippen molar-refractivity contribution >= 4 is 5.70 Å². The van der Waals surface area contributed by atoms with E-state index >= 15 is 0 Å². The Kier molecular flexibility index (Phi) is 4.92. The molecule has 0 amide bonds. The molecule has 2 N–H and O–H groups in total. The third-order valence-corrected chi connectivity index (χ3v) is 4.50. The van der Waals surface area contributed by atoms with Gasteiger partial charge in [0.15, 0.2) is 0 Å². The van der Waals surface area contributed by atoms with Crippen LogP contribution in [0, 0.1) is 0 Å². The summed E-state index contributed by atoms with van der Waals surface area (Å²) in [5.41, 5.74) is 1.87. The number of nitrogens with zero attached hydrogens (tertiary/aromatic N) is 1. The lowest BCUT2D eigenvalue weighted by atomic mass is 10.1. The van der Waals surface area contributed by atoms with E-state index in [4.69, 9.17) is 14.2 Å². The third-order valence-electron chi connectivity index (χ3n) is 4.50. The Hall–Kier alpha value is -2.35. The maximum atomic E-state index is 13.5. The summed E-state index contributed by atoms with van der Waals surface area (Å²) in [5.74, 6) is 0.456. The molecule has 1 aromatic rings. The summed E-state index contributed by atoms with van der Waals surface area (Å²) in [6.45, 7) is 1.51. The van der Waals surface area contributed by atoms with Gasteiger partial charge in [0.25, 0.3) is 0 Å². The van der Waals surface area contributed by atoms with Crippen LogP contribution < -0.4 is 10.1 Å². The van der Waals surface area contributed by atoms with E-state index in [1.54, 1.807) is 6.08 Å². The van der Waals surface area contributed by atoms with Crippen LogP contribution in [0.4, 0.5) is 4.39 Å². The number of allylic oxidation sites excluding steroid dienone is 2. The zero-order valence-electron chi connectivity index (χ0n) is 14.2. The molecule has 138 valence electrons. The monoisotopic (exact) mass is 360 g/mol. The Morgan fingerprint density at radius 1 is 1.23 bits per heavy atom. The van der Waals surface area contributed by atoms with E-state index in [1.165, 1.54) is 12.3 Å². The molecular weight excluding hydrogens is 339 g/mol. The minimum atomic E-state index is -0.560. The van der Waals surface area contributed by atoms with Crippen molar-refractivity contribution in [3.63, 3.8) is 0 Å². The molecule has 3 aliphatic rings. The fraction of sp³-hybridized carbons (Fsp3) is 0.368. The Labute approximate surface area is 151 Å². The highest BCUT2D eigenvalue weighted by Gasteiger charge is 2.27. The van der Waals surface area contributed by atoms with Crippen LogP contribution in [0.5, 0.6) is 5.75 Å². The van der Waals surface area contributed by atoms with Crippen LogP contribution in [0.1, 0.15) is 5.56 Å². The summed E-state index contributed by atoms with van der Waals surface area (Å²) >= 11 is 0. The summed E-state index contributed by atoms with van der Waals surface area (Å²) in [7, 11) is 0. The van der Waals surface area contributed by atoms with E-state index in [2.05, 4.69) is 5.32 Å². The summed E-state index contributed by atoms with van der Waals surface area (Å²) in [6.07, 6.45) is 5.72. The van der Waals surface area contributed by atoms with Crippen molar-refractivity contribution in [1.29, 1.82) is 0 Å². The Morgan fingerprint density at radius 2 is 2.08 bits per heavy atom. The maximum Gasteiger partial charge on any atom is 0.139 e. The Bertz CT molecular complexity index is 732. The van der Waals surface area contributed by atoms with Crippen molar-refractivity contribution in [3.8, 4) is 5.75 Å². The van der Waals surface area contributed by atoms with Gasteiger partial charge in [0.1, 0.15) is 36.6 Å². The normalized spacial score (nSPS) is 27.0. The van der Waals surface area contributed by atoms with Crippen LogP contribution in [0.15, 0.2) is 54.6 Å². The number of aliphatic hydroxyl groups is 1. The Morgan fingerprint density at radius 3 is 2.85 bits per heavy atom. The quantitative estimate of drug-likeness (QED) is 0.754. The van der Waals surface area contributed by atoms with Gasteiger partial charge in [-0.1, -0.05) is 0 Å². The van der Waals surface area contributed by atoms with Gasteiger partial charge in [0.05, 0.1) is 25.5 Å². The summed E-state index contributed by atoms with van der Waals surface area (Å²) in [5, 5.41) is 12.8. The van der Waals surface area contributed by atoms with Gasteiger partial charge in [-0.15, -0.1) is 0 Å². The topological polar surface area (TPSA) is 63.2 Å². The van der Waals surface area contributed by atoms with Gasteiger partial charge in [0.2, 0.25) is 0 Å². The molecule has 3 heterocycles. The first-order valence-electron chi connectivity index (χ1n) is 8.61. The van der Waals surface area contributed by atoms with Gasteiger partial charge in [0, 0.05) is 12.4 Å². The number of aliphatic hydroxyl groups excluding tert-OH is 1. The highest BCUT2D eigenvalue weighted by molar-refractivity contribution is 5.68. The standard InChI is InChI=1S/C19H21FN2O4/c20-14-3-6-19-21-9-16(22(19)10-14)13-1-4-15(5-2-13)25-7-8-26-18-12-24-11-17(18)23/h1-6,9-10,17-19,21,23H,7-8,11-12H2. The molecule has 1 saturated heterocycles. The first kappa shape index (κ1) is 17.1. The van der Waals surface area contributed by atoms with Crippen LogP contribution in [-0.4, -0.2) is 54.8 Å². The van der Waals surface area contributed by atoms with Crippen LogP contribution in [0.2, 0.25) is 0 Å². The molecule has 26 heavy (non-hydrogen) atoms. The van der Waals surface area contributed by atoms with Gasteiger partial charge < -0.3 is 29.5 Å². The predicted molar refractivity (Wildman–Crippen MR) is 93.6 cm³/mol. The van der Waals surface area contributed by atoms with Gasteiger partial charge in [-0.2, -0.15) is 0 Å². The molecule has 3 unspecified atom stereocenters. The van der Waals surface area contributed by atoms with Crippen LogP contribution in [0.25, 0.3) is 5.70 Å². The van der Waals surface area contributed by atoms with Crippen molar-refractivity contribution in [1.82, 2.24) is 10.2 Å². The van der Waals surface area contributed by atoms with E-state index in [0.717, 1.165) is 17.0 Å². The van der Waals surface area contributed by atoms with Crippen LogP contribution >= 0.6 is 0 Å². The van der Waals surface area contributed by atoms with Gasteiger partial charge in [-0.25, -0.2) is 4.39 Å². The molecular formula is C19H21FN2O4. The van der Waals surface area contributed by atoms with Crippen LogP contribution in [0.3, 0.4) is 0 Å². The first-order chi connectivity index (χ1) is 12.7. The van der Waals surface area contributed by atoms with E-state index in [1.807, 2.05) is 35.4 Å². The fourth-order valence-electron chi connectivity index (χ4n) is 3.12. The maximum absolute atomic E-state index is 13.5. The molecule has 0 saturated carbocycles. The lowest BCUT2D eigenvalue weighted by molar-refractivity contribution is -0.0196. The van der Waals surface area contributed by atoms with Crippen molar-refractivity contribution in [2.45, 2.75) is 18.4 Å². The van der Waals surface area contributed by atoms with E-state index < -0.39 is 6.10 Å². The van der Waals surface area contributed by atoms with Gasteiger partial charge >= 0.3 is 0 Å². The number of hydrogen-bond donors (Lipinski definition) is 2. The molecule has 0 spiro atoms. The summed E-state index contributed by atoms with van der Waals surface area (Å²) in [6, 6.07) is 7.61. The number of fused-ring (bicyclic) bond motifs is 1. The lowest BCUT2D eigenvalue weighted by Gasteiger charge is -2.26. The number of rotatable bonds is 6. The zero-order chi connectivity index (χ0) is 17.9. The van der Waals surface area contributed by atoms with Gasteiger partial charge in [-0.3, -0.25) is 0 Å². The number of halogens is 1. The van der Waals surface area contributed by atoms with Crippen molar-refractivity contribution in [2.75, 3.05) is 26.4 Å².